The van der Waals surface area contributed by atoms with Gasteiger partial charge in [0.05, 0.1) is 6.61 Å². The Hall–Kier alpha value is -2.07. The average Bonchev–Trinajstić information content (AvgIpc) is 2.35. The maximum Gasteiger partial charge on any atom is 0.325 e. The Morgan fingerprint density at radius 1 is 1.33 bits per heavy atom. The maximum atomic E-state index is 5.44. The number of anilines is 1. The molecule has 0 radical (unpaired) electrons. The molecule has 0 atom stereocenters. The smallest absolute Gasteiger partial charge is 0.325 e. The van der Waals surface area contributed by atoms with Gasteiger partial charge in [-0.05, 0) is 20.3 Å². The van der Waals surface area contributed by atoms with Gasteiger partial charge < -0.3 is 9.47 Å². The molecule has 0 amide bonds. The molecule has 1 aromatic heterocycles. The molecule has 1 aromatic rings. The lowest BCUT2D eigenvalue weighted by Crippen LogP contribution is -2.27. The standard InChI is InChI=1S/C11H17N5O2/c1-5-7-17-9-13-8(16-12)14-10(15-9)18-11(3,4)6-2/h2H,5,7,12H2,1,3-4H3,(H,13,14,15,16). The second-order valence-corrected chi connectivity index (χ2v) is 3.97. The molecule has 1 rings (SSSR count). The number of nitrogens with zero attached hydrogens (tertiary/aromatic N) is 3. The van der Waals surface area contributed by atoms with Crippen LogP contribution >= 0.6 is 0 Å². The van der Waals surface area contributed by atoms with Crippen LogP contribution in [0.15, 0.2) is 0 Å². The molecule has 0 aliphatic heterocycles. The van der Waals surface area contributed by atoms with Gasteiger partial charge in [-0.25, -0.2) is 5.84 Å². The number of hydrazine groups is 1. The number of nitrogens with one attached hydrogen (secondary N) is 1. The number of nitrogens with two attached hydrogens (primary N) is 1. The first-order valence-corrected chi connectivity index (χ1v) is 5.53. The van der Waals surface area contributed by atoms with Crippen molar-refractivity contribution in [3.63, 3.8) is 0 Å². The summed E-state index contributed by atoms with van der Waals surface area (Å²) in [6.45, 7) is 5.91. The summed E-state index contributed by atoms with van der Waals surface area (Å²) in [5, 5.41) is 0. The Balaban J connectivity index is 2.94. The Morgan fingerprint density at radius 2 is 2.00 bits per heavy atom. The lowest BCUT2D eigenvalue weighted by Gasteiger charge is -2.18. The molecule has 0 saturated heterocycles. The maximum absolute atomic E-state index is 5.44. The quantitative estimate of drug-likeness (QED) is 0.437. The van der Waals surface area contributed by atoms with Crippen LogP contribution in [-0.4, -0.2) is 27.2 Å². The van der Waals surface area contributed by atoms with E-state index in [0.717, 1.165) is 6.42 Å². The monoisotopic (exact) mass is 251 g/mol. The third kappa shape index (κ3) is 4.07. The van der Waals surface area contributed by atoms with Crippen molar-refractivity contribution >= 4 is 5.95 Å². The van der Waals surface area contributed by atoms with Gasteiger partial charge in [0.1, 0.15) is 0 Å². The van der Waals surface area contributed by atoms with Crippen LogP contribution < -0.4 is 20.7 Å². The molecule has 1 heterocycles. The summed E-state index contributed by atoms with van der Waals surface area (Å²) in [5.74, 6) is 7.88. The van der Waals surface area contributed by atoms with Gasteiger partial charge in [-0.15, -0.1) is 11.4 Å². The molecule has 7 heteroatoms. The highest BCUT2D eigenvalue weighted by molar-refractivity contribution is 5.26. The van der Waals surface area contributed by atoms with Crippen LogP contribution in [0.4, 0.5) is 5.95 Å². The van der Waals surface area contributed by atoms with Crippen molar-refractivity contribution in [2.45, 2.75) is 32.8 Å². The molecule has 0 aliphatic rings. The minimum atomic E-state index is -0.824. The Kier molecular flexibility index (Phi) is 4.68. The van der Waals surface area contributed by atoms with Crippen molar-refractivity contribution < 1.29 is 9.47 Å². The minimum absolute atomic E-state index is 0.0620. The Labute approximate surface area is 106 Å². The Morgan fingerprint density at radius 3 is 2.56 bits per heavy atom. The van der Waals surface area contributed by atoms with Crippen LogP contribution in [0, 0.1) is 12.3 Å². The van der Waals surface area contributed by atoms with Crippen LogP contribution in [-0.2, 0) is 0 Å². The first-order chi connectivity index (χ1) is 8.50. The first-order valence-electron chi connectivity index (χ1n) is 5.53. The second-order valence-electron chi connectivity index (χ2n) is 3.97. The average molecular weight is 251 g/mol. The van der Waals surface area contributed by atoms with E-state index in [2.05, 4.69) is 26.3 Å². The van der Waals surface area contributed by atoms with E-state index in [4.69, 9.17) is 21.7 Å². The number of nitrogen functional groups attached to an aromatic ring is 1. The molecule has 7 nitrogen and oxygen atoms in total. The molecule has 0 saturated carbocycles. The van der Waals surface area contributed by atoms with Crippen LogP contribution in [0.1, 0.15) is 27.2 Å². The van der Waals surface area contributed by atoms with E-state index in [-0.39, 0.29) is 18.0 Å². The normalized spacial score (nSPS) is 10.6. The number of ether oxygens (including phenoxy) is 2. The molecule has 3 N–H and O–H groups in total. The van der Waals surface area contributed by atoms with E-state index in [1.807, 2.05) is 6.92 Å². The fourth-order valence-electron chi connectivity index (χ4n) is 0.964. The summed E-state index contributed by atoms with van der Waals surface area (Å²) in [5.41, 5.74) is 1.49. The highest BCUT2D eigenvalue weighted by Crippen LogP contribution is 2.17. The molecule has 0 aliphatic carbocycles. The summed E-state index contributed by atoms with van der Waals surface area (Å²) < 4.78 is 10.7. The number of hydrogen-bond donors (Lipinski definition) is 2. The molecule has 0 aromatic carbocycles. The molecular weight excluding hydrogens is 234 g/mol. The zero-order chi connectivity index (χ0) is 13.6. The van der Waals surface area contributed by atoms with E-state index >= 15 is 0 Å². The molecule has 0 spiro atoms. The third-order valence-corrected chi connectivity index (χ3v) is 1.85. The number of terminal acetylenes is 1. The predicted octanol–water partition coefficient (Wildman–Crippen LogP) is 0.737. The van der Waals surface area contributed by atoms with Gasteiger partial charge in [-0.1, -0.05) is 12.8 Å². The van der Waals surface area contributed by atoms with Crippen LogP contribution in [0.25, 0.3) is 0 Å². The highest BCUT2D eigenvalue weighted by atomic mass is 16.5. The van der Waals surface area contributed by atoms with E-state index < -0.39 is 5.60 Å². The van der Waals surface area contributed by atoms with E-state index in [0.29, 0.717) is 6.61 Å². The van der Waals surface area contributed by atoms with Crippen molar-refractivity contribution in [1.82, 2.24) is 15.0 Å². The van der Waals surface area contributed by atoms with Gasteiger partial charge in [0.25, 0.3) is 0 Å². The van der Waals surface area contributed by atoms with E-state index in [1.165, 1.54) is 0 Å². The van der Waals surface area contributed by atoms with Crippen molar-refractivity contribution in [1.29, 1.82) is 0 Å². The van der Waals surface area contributed by atoms with Crippen LogP contribution in [0.2, 0.25) is 0 Å². The number of aromatic nitrogens is 3. The van der Waals surface area contributed by atoms with Crippen molar-refractivity contribution in [2.24, 2.45) is 5.84 Å². The van der Waals surface area contributed by atoms with Crippen molar-refractivity contribution in [3.8, 4) is 24.4 Å². The van der Waals surface area contributed by atoms with Gasteiger partial charge in [0.2, 0.25) is 5.95 Å². The molecule has 0 bridgehead atoms. The minimum Gasteiger partial charge on any atom is -0.463 e. The van der Waals surface area contributed by atoms with Crippen LogP contribution in [0.5, 0.6) is 12.0 Å². The second kappa shape index (κ2) is 6.02. The van der Waals surface area contributed by atoms with Gasteiger partial charge >= 0.3 is 12.0 Å². The summed E-state index contributed by atoms with van der Waals surface area (Å²) >= 11 is 0. The highest BCUT2D eigenvalue weighted by Gasteiger charge is 2.19. The zero-order valence-electron chi connectivity index (χ0n) is 10.7. The van der Waals surface area contributed by atoms with Gasteiger partial charge in [-0.2, -0.15) is 9.97 Å². The fourth-order valence-corrected chi connectivity index (χ4v) is 0.964. The van der Waals surface area contributed by atoms with Crippen molar-refractivity contribution in [3.05, 3.63) is 0 Å². The number of hydrogen-bond acceptors (Lipinski definition) is 7. The first kappa shape index (κ1) is 14.0. The lowest BCUT2D eigenvalue weighted by molar-refractivity contribution is 0.152. The third-order valence-electron chi connectivity index (χ3n) is 1.85. The van der Waals surface area contributed by atoms with Gasteiger partial charge in [-0.3, -0.25) is 5.43 Å². The number of rotatable bonds is 6. The lowest BCUT2D eigenvalue weighted by atomic mass is 10.2. The van der Waals surface area contributed by atoms with E-state index in [1.54, 1.807) is 13.8 Å². The molecule has 0 fully saturated rings. The van der Waals surface area contributed by atoms with E-state index in [9.17, 15) is 0 Å². The summed E-state index contributed by atoms with van der Waals surface area (Å²) in [4.78, 5) is 11.9. The van der Waals surface area contributed by atoms with Gasteiger partial charge in [0, 0.05) is 0 Å². The summed E-state index contributed by atoms with van der Waals surface area (Å²) in [7, 11) is 0. The zero-order valence-corrected chi connectivity index (χ0v) is 10.7. The summed E-state index contributed by atoms with van der Waals surface area (Å²) in [6.07, 6.45) is 6.16. The molecule has 18 heavy (non-hydrogen) atoms. The largest absolute Gasteiger partial charge is 0.463 e. The predicted molar refractivity (Wildman–Crippen MR) is 67.0 cm³/mol. The summed E-state index contributed by atoms with van der Waals surface area (Å²) in [6, 6.07) is 0.203. The van der Waals surface area contributed by atoms with Crippen LogP contribution in [0.3, 0.4) is 0 Å². The fraction of sp³-hybridized carbons (Fsp3) is 0.545. The van der Waals surface area contributed by atoms with Gasteiger partial charge in [0.15, 0.2) is 5.60 Å². The Bertz CT molecular complexity index is 442. The molecule has 0 unspecified atom stereocenters. The molecular formula is C11H17N5O2. The topological polar surface area (TPSA) is 95.2 Å². The molecule has 98 valence electrons. The van der Waals surface area contributed by atoms with Crippen molar-refractivity contribution in [2.75, 3.05) is 12.0 Å². The SMILES string of the molecule is C#CC(C)(C)Oc1nc(NN)nc(OCCC)n1.